The van der Waals surface area contributed by atoms with Gasteiger partial charge in [0.25, 0.3) is 0 Å². The Morgan fingerprint density at radius 3 is 1.87 bits per heavy atom. The smallest absolute Gasteiger partial charge is 1.00 e. The third-order valence-electron chi connectivity index (χ3n) is 6.95. The maximum Gasteiger partial charge on any atom is -1.00 e. The molecule has 1 atom stereocenters. The van der Waals surface area contributed by atoms with E-state index in [1.165, 1.54) is 21.5 Å². The predicted octanol–water partition coefficient (Wildman–Crippen LogP) is -0.439. The predicted molar refractivity (Wildman–Crippen MR) is 150 cm³/mol. The fourth-order valence-electron chi connectivity index (χ4n) is 5.23. The Morgan fingerprint density at radius 1 is 0.737 bits per heavy atom. The van der Waals surface area contributed by atoms with Crippen molar-refractivity contribution in [3.8, 4) is 0 Å². The van der Waals surface area contributed by atoms with Crippen LogP contribution in [0.15, 0.2) is 115 Å². The molecule has 1 aliphatic carbocycles. The van der Waals surface area contributed by atoms with Gasteiger partial charge in [-0.15, -0.1) is 0 Å². The zero-order valence-electron chi connectivity index (χ0n) is 21.9. The van der Waals surface area contributed by atoms with Crippen LogP contribution < -0.4 is 38.4 Å². The van der Waals surface area contributed by atoms with E-state index >= 15 is 0 Å². The monoisotopic (exact) mass is 634 g/mol. The van der Waals surface area contributed by atoms with Gasteiger partial charge < -0.3 is 24.8 Å². The Bertz CT molecular complexity index is 1350. The average Bonchev–Trinajstić information content (AvgIpc) is 3.33. The molecule has 1 aliphatic rings. The Labute approximate surface area is 248 Å². The van der Waals surface area contributed by atoms with Crippen LogP contribution in [0.3, 0.4) is 0 Å². The van der Waals surface area contributed by atoms with Crippen molar-refractivity contribution in [2.45, 2.75) is 29.8 Å². The summed E-state index contributed by atoms with van der Waals surface area (Å²) in [5.41, 5.74) is 4.48. The number of carbonyl (C=O) groups excluding carboxylic acids is 1. The largest absolute Gasteiger partial charge is 1.00 e. The second-order valence-electron chi connectivity index (χ2n) is 10.4. The van der Waals surface area contributed by atoms with Gasteiger partial charge in [-0.1, -0.05) is 0 Å². The molecule has 38 heavy (non-hydrogen) atoms. The van der Waals surface area contributed by atoms with Gasteiger partial charge in [-0.05, 0) is 0 Å². The van der Waals surface area contributed by atoms with E-state index in [-0.39, 0.29) is 36.1 Å². The summed E-state index contributed by atoms with van der Waals surface area (Å²) in [6, 6.07) is 38.7. The van der Waals surface area contributed by atoms with E-state index in [9.17, 15) is 4.79 Å². The molecule has 0 fully saturated rings. The van der Waals surface area contributed by atoms with Crippen LogP contribution >= 0.6 is 0 Å². The van der Waals surface area contributed by atoms with Gasteiger partial charge in [0.2, 0.25) is 0 Å². The van der Waals surface area contributed by atoms with Crippen LogP contribution in [-0.2, 0) is 26.6 Å². The number of hydrogen-bond acceptors (Lipinski definition) is 1. The van der Waals surface area contributed by atoms with Crippen molar-refractivity contribution < 1.29 is 50.8 Å². The van der Waals surface area contributed by atoms with E-state index < -0.39 is 27.1 Å². The van der Waals surface area contributed by atoms with Crippen molar-refractivity contribution in [1.29, 1.82) is 0 Å². The van der Waals surface area contributed by atoms with Crippen molar-refractivity contribution in [3.63, 3.8) is 0 Å². The van der Waals surface area contributed by atoms with Crippen LogP contribution in [0.25, 0.3) is 6.08 Å². The van der Waals surface area contributed by atoms with E-state index in [1.54, 1.807) is 0 Å². The number of carbonyl (C=O) groups is 1. The summed E-state index contributed by atoms with van der Waals surface area (Å²) in [7, 11) is 0. The molecule has 0 radical (unpaired) electrons. The Kier molecular flexibility index (Phi) is 10.5. The molecule has 4 aromatic rings. The van der Waals surface area contributed by atoms with Gasteiger partial charge in [-0.25, -0.2) is 0 Å². The average molecular weight is 637 g/mol. The molecule has 193 valence electrons. The SMILES string of the molecule is CC(C)(C)c1ccccc1C(=O)[NH][Zr+2]([CH]1C=Cc2ccccc21)[SiH](c1ccccc1)c1ccccc1.[Cl-].[Cl-]. The molecule has 1 N–H and O–H groups in total. The number of amides is 1. The first-order valence-corrected chi connectivity index (χ1v) is 21.2. The topological polar surface area (TPSA) is 29.1 Å². The zero-order chi connectivity index (χ0) is 25.1. The van der Waals surface area contributed by atoms with Crippen molar-refractivity contribution in [2.75, 3.05) is 0 Å². The Morgan fingerprint density at radius 2 is 1.26 bits per heavy atom. The molecule has 5 rings (SSSR count). The minimum atomic E-state index is -2.74. The van der Waals surface area contributed by atoms with Gasteiger partial charge in [-0.2, -0.15) is 0 Å². The minimum absolute atomic E-state index is 0. The Hall–Kier alpha value is -2.23. The number of fused-ring (bicyclic) bond motifs is 1. The summed E-state index contributed by atoms with van der Waals surface area (Å²) in [5, 5.41) is 2.83. The second-order valence-corrected chi connectivity index (χ2v) is 24.9. The molecule has 0 spiro atoms. The van der Waals surface area contributed by atoms with Gasteiger partial charge in [0.1, 0.15) is 0 Å². The van der Waals surface area contributed by atoms with Crippen molar-refractivity contribution in [1.82, 2.24) is 3.26 Å². The molecule has 1 unspecified atom stereocenters. The first-order valence-electron chi connectivity index (χ1n) is 12.6. The number of rotatable bonds is 6. The molecular formula is C32H32Cl2NOSiZr. The number of benzene rings is 4. The number of allylic oxidation sites excluding steroid dienone is 1. The van der Waals surface area contributed by atoms with Crippen molar-refractivity contribution in [3.05, 3.63) is 138 Å². The summed E-state index contributed by atoms with van der Waals surface area (Å²) in [6.45, 7) is 6.54. The molecule has 0 saturated heterocycles. The molecule has 0 heterocycles. The fourth-order valence-corrected chi connectivity index (χ4v) is 26.0. The molecule has 2 nitrogen and oxygen atoms in total. The molecule has 1 amide bonds. The van der Waals surface area contributed by atoms with E-state index in [2.05, 4.69) is 127 Å². The van der Waals surface area contributed by atoms with Gasteiger partial charge in [-0.3, -0.25) is 0 Å². The van der Waals surface area contributed by atoms with Gasteiger partial charge in [0, 0.05) is 0 Å². The van der Waals surface area contributed by atoms with Crippen molar-refractivity contribution in [2.24, 2.45) is 0 Å². The molecule has 6 heteroatoms. The third-order valence-corrected chi connectivity index (χ3v) is 26.3. The fraction of sp³-hybridized carbons (Fsp3) is 0.156. The molecule has 0 saturated carbocycles. The van der Waals surface area contributed by atoms with E-state index in [0.29, 0.717) is 3.63 Å². The summed E-state index contributed by atoms with van der Waals surface area (Å²) in [5.74, 6) is -1.61. The Balaban J connectivity index is 0.00000200. The van der Waals surface area contributed by atoms with Crippen LogP contribution in [0.5, 0.6) is 0 Å². The summed E-state index contributed by atoms with van der Waals surface area (Å²) >= 11 is -2.74. The number of hydrogen-bond donors (Lipinski definition) is 1. The van der Waals surface area contributed by atoms with Gasteiger partial charge in [0.05, 0.1) is 0 Å². The first kappa shape index (κ1) is 30.3. The van der Waals surface area contributed by atoms with Crippen LogP contribution in [0, 0.1) is 0 Å². The molecule has 0 aromatic heterocycles. The van der Waals surface area contributed by atoms with Crippen LogP contribution in [0.2, 0.25) is 0 Å². The molecule has 4 aromatic carbocycles. The zero-order valence-corrected chi connectivity index (χ0v) is 27.0. The minimum Gasteiger partial charge on any atom is -1.00 e. The maximum atomic E-state index is 14.1. The number of halogens is 2. The summed E-state index contributed by atoms with van der Waals surface area (Å²) in [6.07, 6.45) is 4.64. The molecular weight excluding hydrogens is 605 g/mol. The standard InChI is InChI=1S/C12H11Si.C11H15NO.C9H7.2ClH.Zr/c1-3-7-11(8-4-1)13-12-9-5-2-6-10-12;1-11(2,3)9-7-5-4-6-8(9)10(12)13;1-2-5-9-7-3-6-8(9)4-1;;;/h1-10,13H;4-7H,1-3H3,(H2,12,13);1-7H;2*1H;/q;;;;;+3/p-3. The summed E-state index contributed by atoms with van der Waals surface area (Å²) < 4.78 is 4.11. The van der Waals surface area contributed by atoms with Gasteiger partial charge >= 0.3 is 225 Å². The van der Waals surface area contributed by atoms with Crippen LogP contribution in [0.1, 0.15) is 51.4 Å². The molecule has 0 aliphatic heterocycles. The van der Waals surface area contributed by atoms with Crippen molar-refractivity contribution >= 4 is 28.3 Å². The third kappa shape index (κ3) is 6.49. The maximum absolute atomic E-state index is 14.1. The van der Waals surface area contributed by atoms with E-state index in [4.69, 9.17) is 0 Å². The quantitative estimate of drug-likeness (QED) is 0.286. The van der Waals surface area contributed by atoms with Gasteiger partial charge in [0.15, 0.2) is 0 Å². The van der Waals surface area contributed by atoms with E-state index in [0.717, 1.165) is 11.1 Å². The van der Waals surface area contributed by atoms with Crippen LogP contribution in [0.4, 0.5) is 0 Å². The molecule has 0 bridgehead atoms. The first-order chi connectivity index (χ1) is 17.4. The summed E-state index contributed by atoms with van der Waals surface area (Å²) in [4.78, 5) is 14.1. The second kappa shape index (κ2) is 13.2. The van der Waals surface area contributed by atoms with Crippen LogP contribution in [-0.4, -0.2) is 11.8 Å². The van der Waals surface area contributed by atoms with E-state index in [1.807, 2.05) is 18.2 Å². The number of nitrogens with one attached hydrogen (secondary N) is 1. The normalized spacial score (nSPS) is 13.7.